The molecule has 1 atom stereocenters. The Bertz CT molecular complexity index is 2250. The zero-order valence-corrected chi connectivity index (χ0v) is 32.7. The zero-order chi connectivity index (χ0) is 41.1. The van der Waals surface area contributed by atoms with Gasteiger partial charge in [0.2, 0.25) is 17.8 Å². The van der Waals surface area contributed by atoms with Gasteiger partial charge in [-0.2, -0.15) is 0 Å². The molecule has 4 aromatic rings. The van der Waals surface area contributed by atoms with E-state index in [9.17, 15) is 28.7 Å². The Hall–Kier alpha value is -5.74. The number of likely N-dealkylation sites (tertiary alicyclic amines) is 1. The van der Waals surface area contributed by atoms with Gasteiger partial charge < -0.3 is 30.9 Å². The molecule has 14 nitrogen and oxygen atoms in total. The Morgan fingerprint density at radius 3 is 2.32 bits per heavy atom. The Balaban J connectivity index is 0.776. The number of amides is 3. The molecule has 16 heteroatoms. The van der Waals surface area contributed by atoms with Crippen molar-refractivity contribution in [2.24, 2.45) is 0 Å². The molecule has 310 valence electrons. The van der Waals surface area contributed by atoms with Crippen LogP contribution < -0.4 is 31.7 Å². The third-order valence-electron chi connectivity index (χ3n) is 12.3. The summed E-state index contributed by atoms with van der Waals surface area (Å²) in [4.78, 5) is 62.4. The van der Waals surface area contributed by atoms with E-state index in [2.05, 4.69) is 36.1 Å². The molecule has 4 fully saturated rings. The van der Waals surface area contributed by atoms with Gasteiger partial charge in [-0.3, -0.25) is 29.1 Å². The van der Waals surface area contributed by atoms with Crippen LogP contribution in [0, 0.1) is 11.6 Å². The van der Waals surface area contributed by atoms with E-state index in [-0.39, 0.29) is 53.4 Å². The molecule has 5 heterocycles. The lowest BCUT2D eigenvalue weighted by atomic mass is 9.86. The van der Waals surface area contributed by atoms with Crippen molar-refractivity contribution in [3.05, 3.63) is 95.0 Å². The summed E-state index contributed by atoms with van der Waals surface area (Å²) in [5.74, 6) is -1.69. The maximum absolute atomic E-state index is 15.2. The van der Waals surface area contributed by atoms with E-state index < -0.39 is 23.4 Å². The average molecular weight is 810 g/mol. The van der Waals surface area contributed by atoms with Crippen LogP contribution in [-0.2, 0) is 14.4 Å². The van der Waals surface area contributed by atoms with Crippen LogP contribution in [0.3, 0.4) is 0 Å². The van der Waals surface area contributed by atoms with Gasteiger partial charge in [0.25, 0.3) is 11.5 Å². The minimum Gasteiger partial charge on any atom is -0.380 e. The van der Waals surface area contributed by atoms with Crippen LogP contribution in [-0.4, -0.2) is 98.2 Å². The van der Waals surface area contributed by atoms with Gasteiger partial charge in [-0.1, -0.05) is 18.2 Å². The van der Waals surface area contributed by atoms with Crippen LogP contribution in [0.15, 0.2) is 77.9 Å². The number of nitrogens with one attached hydrogen (secondary N) is 4. The Morgan fingerprint density at radius 2 is 1.59 bits per heavy atom. The van der Waals surface area contributed by atoms with E-state index >= 15 is 4.39 Å². The third kappa shape index (κ3) is 9.13. The van der Waals surface area contributed by atoms with Crippen molar-refractivity contribution < 1.29 is 28.3 Å². The number of piperidine rings is 3. The molecule has 2 aromatic heterocycles. The molecule has 3 saturated heterocycles. The minimum absolute atomic E-state index is 0.0197. The summed E-state index contributed by atoms with van der Waals surface area (Å²) >= 11 is 0. The molecule has 59 heavy (non-hydrogen) atoms. The first kappa shape index (κ1) is 40.1. The molecule has 3 aliphatic heterocycles. The highest BCUT2D eigenvalue weighted by molar-refractivity contribution is 6.01. The molecule has 0 spiro atoms. The molecular formula is C43H49F2N9O5. The number of carbonyl (C=O) groups excluding carboxylic acids is 3. The molecule has 0 bridgehead atoms. The van der Waals surface area contributed by atoms with E-state index in [0.29, 0.717) is 86.9 Å². The summed E-state index contributed by atoms with van der Waals surface area (Å²) in [6.45, 7) is 2.52. The van der Waals surface area contributed by atoms with Crippen LogP contribution >= 0.6 is 0 Å². The van der Waals surface area contributed by atoms with Crippen molar-refractivity contribution in [3.63, 3.8) is 0 Å². The van der Waals surface area contributed by atoms with Gasteiger partial charge in [-0.25, -0.2) is 18.7 Å². The van der Waals surface area contributed by atoms with Crippen LogP contribution in [0.5, 0.6) is 0 Å². The summed E-state index contributed by atoms with van der Waals surface area (Å²) in [5.41, 5.74) is 0.586. The van der Waals surface area contributed by atoms with E-state index in [1.165, 1.54) is 16.7 Å². The summed E-state index contributed by atoms with van der Waals surface area (Å²) in [5, 5.41) is 23.2. The number of hydrogen-bond donors (Lipinski definition) is 5. The summed E-state index contributed by atoms with van der Waals surface area (Å²) in [7, 11) is 0. The number of pyridine rings is 1. The number of carbonyl (C=O) groups is 3. The number of aromatic nitrogens is 3. The van der Waals surface area contributed by atoms with Gasteiger partial charge in [0.15, 0.2) is 5.82 Å². The molecule has 0 unspecified atom stereocenters. The fourth-order valence-electron chi connectivity index (χ4n) is 8.81. The second-order valence-corrected chi connectivity index (χ2v) is 16.1. The number of imide groups is 1. The molecule has 8 rings (SSSR count). The van der Waals surface area contributed by atoms with Crippen LogP contribution in [0.1, 0.15) is 64.2 Å². The zero-order valence-electron chi connectivity index (χ0n) is 32.7. The van der Waals surface area contributed by atoms with Crippen molar-refractivity contribution in [3.8, 4) is 16.9 Å². The number of benzene rings is 2. The summed E-state index contributed by atoms with van der Waals surface area (Å²) in [6, 6.07) is 16.3. The first-order valence-corrected chi connectivity index (χ1v) is 20.5. The van der Waals surface area contributed by atoms with Gasteiger partial charge in [0, 0.05) is 79.9 Å². The molecule has 1 aliphatic carbocycles. The average Bonchev–Trinajstić information content (AvgIpc) is 3.24. The van der Waals surface area contributed by atoms with Crippen LogP contribution in [0.25, 0.3) is 16.9 Å². The standard InChI is InChI=1S/C43H49F2N9O5/c44-33-25-30(47-35-12-14-37(55)50-40(35)57)11-13-36(33)53-20-15-31(16-21-53)52-22-17-43(59,18-23-52)41(58)48-28-7-9-29(10-8-28)49-42-46-26-34(45)39(51-42)27-4-3-5-32(24-27)54-19-2-1-6-38(54)56/h1-6,11,13,19,24-26,28-29,31,35,47,59H,7-10,12,14-18,20-23H2,(H,48,58)(H,46,49,51)(H,50,55,57)/t28?,29?,35-/m1/s1. The lowest BCUT2D eigenvalue weighted by Gasteiger charge is -2.44. The first-order valence-electron chi connectivity index (χ1n) is 20.5. The number of hydrogen-bond acceptors (Lipinski definition) is 11. The predicted molar refractivity (Wildman–Crippen MR) is 218 cm³/mol. The highest BCUT2D eigenvalue weighted by Crippen LogP contribution is 2.32. The van der Waals surface area contributed by atoms with Gasteiger partial charge >= 0.3 is 0 Å². The number of nitrogens with zero attached hydrogens (tertiary/aromatic N) is 5. The maximum atomic E-state index is 15.2. The van der Waals surface area contributed by atoms with Gasteiger partial charge in [0.05, 0.1) is 11.9 Å². The molecular weight excluding hydrogens is 761 g/mol. The lowest BCUT2D eigenvalue weighted by molar-refractivity contribution is -0.146. The molecule has 0 radical (unpaired) electrons. The van der Waals surface area contributed by atoms with Crippen LogP contribution in [0.2, 0.25) is 0 Å². The largest absolute Gasteiger partial charge is 0.380 e. The molecule has 1 saturated carbocycles. The number of aliphatic hydroxyl groups is 1. The highest BCUT2D eigenvalue weighted by Gasteiger charge is 2.42. The molecule has 4 aliphatic rings. The number of rotatable bonds is 10. The van der Waals surface area contributed by atoms with Gasteiger partial charge in [0.1, 0.15) is 23.2 Å². The lowest BCUT2D eigenvalue weighted by Crippen LogP contribution is -2.58. The van der Waals surface area contributed by atoms with Crippen LogP contribution in [0.4, 0.5) is 26.1 Å². The molecule has 5 N–H and O–H groups in total. The van der Waals surface area contributed by atoms with Gasteiger partial charge in [-0.05, 0) is 94.2 Å². The normalized spacial score (nSPS) is 22.7. The van der Waals surface area contributed by atoms with Crippen molar-refractivity contribution in [1.82, 2.24) is 30.1 Å². The minimum atomic E-state index is -1.44. The number of anilines is 3. The Labute approximate surface area is 340 Å². The van der Waals surface area contributed by atoms with Crippen molar-refractivity contribution >= 4 is 35.0 Å². The monoisotopic (exact) mass is 809 g/mol. The predicted octanol–water partition coefficient (Wildman–Crippen LogP) is 4.13. The molecule has 2 aromatic carbocycles. The van der Waals surface area contributed by atoms with E-state index in [4.69, 9.17) is 0 Å². The SMILES string of the molecule is O=C1CC[C@@H](Nc2ccc(N3CCC(N4CCC(O)(C(=O)NC5CCC(Nc6ncc(F)c(-c7cccc(-n8ccccc8=O)c7)n6)CC5)CC4)CC3)c(F)c2)C(=O)N1. The fourth-order valence-corrected chi connectivity index (χ4v) is 8.81. The number of halogens is 2. The topological polar surface area (TPSA) is 174 Å². The van der Waals surface area contributed by atoms with Crippen molar-refractivity contribution in [2.45, 2.75) is 94.0 Å². The molecule has 3 amide bonds. The first-order chi connectivity index (χ1) is 28.5. The summed E-state index contributed by atoms with van der Waals surface area (Å²) in [6.07, 6.45) is 8.57. The van der Waals surface area contributed by atoms with E-state index in [0.717, 1.165) is 31.9 Å². The smallest absolute Gasteiger partial charge is 0.255 e. The van der Waals surface area contributed by atoms with E-state index in [1.807, 2.05) is 4.90 Å². The third-order valence-corrected chi connectivity index (χ3v) is 12.3. The second-order valence-electron chi connectivity index (χ2n) is 16.1. The summed E-state index contributed by atoms with van der Waals surface area (Å²) < 4.78 is 31.7. The highest BCUT2D eigenvalue weighted by atomic mass is 19.1. The van der Waals surface area contributed by atoms with Crippen molar-refractivity contribution in [1.29, 1.82) is 0 Å². The van der Waals surface area contributed by atoms with E-state index in [1.54, 1.807) is 54.7 Å². The quantitative estimate of drug-likeness (QED) is 0.146. The van der Waals surface area contributed by atoms with Gasteiger partial charge in [-0.15, -0.1) is 0 Å². The Morgan fingerprint density at radius 1 is 0.831 bits per heavy atom. The maximum Gasteiger partial charge on any atom is 0.255 e. The fraction of sp³-hybridized carbons (Fsp3) is 0.442. The van der Waals surface area contributed by atoms with Crippen molar-refractivity contribution in [2.75, 3.05) is 41.7 Å². The second kappa shape index (κ2) is 17.2. The Kier molecular flexibility index (Phi) is 11.7.